The van der Waals surface area contributed by atoms with Gasteiger partial charge in [0.25, 0.3) is 0 Å². The molecule has 23 heavy (non-hydrogen) atoms. The van der Waals surface area contributed by atoms with Gasteiger partial charge in [0.2, 0.25) is 0 Å². The third-order valence-corrected chi connectivity index (χ3v) is 5.71. The molecule has 0 radical (unpaired) electrons. The molecular formula is C19H32N4. The number of benzene rings is 1. The lowest BCUT2D eigenvalue weighted by Crippen LogP contribution is -2.52. The van der Waals surface area contributed by atoms with E-state index in [0.717, 1.165) is 18.2 Å². The Kier molecular flexibility index (Phi) is 5.12. The molecule has 2 heterocycles. The van der Waals surface area contributed by atoms with Crippen LogP contribution in [0, 0.1) is 6.92 Å². The Morgan fingerprint density at radius 2 is 1.70 bits per heavy atom. The average molecular weight is 316 g/mol. The molecule has 2 aliphatic heterocycles. The molecule has 128 valence electrons. The fraction of sp³-hybridized carbons (Fsp3) is 0.684. The van der Waals surface area contributed by atoms with Gasteiger partial charge in [-0.05, 0) is 56.5 Å². The second-order valence-corrected chi connectivity index (χ2v) is 7.25. The molecule has 2 aliphatic rings. The number of anilines is 2. The summed E-state index contributed by atoms with van der Waals surface area (Å²) in [6.45, 7) is 11.6. The van der Waals surface area contributed by atoms with Crippen LogP contribution in [0.4, 0.5) is 11.4 Å². The van der Waals surface area contributed by atoms with Crippen molar-refractivity contribution in [3.05, 3.63) is 23.3 Å². The first-order valence-corrected chi connectivity index (χ1v) is 9.15. The van der Waals surface area contributed by atoms with Crippen LogP contribution in [0.15, 0.2) is 12.1 Å². The van der Waals surface area contributed by atoms with Crippen LogP contribution < -0.4 is 10.6 Å². The molecule has 4 nitrogen and oxygen atoms in total. The third-order valence-electron chi connectivity index (χ3n) is 5.71. The largest absolute Gasteiger partial charge is 0.399 e. The molecule has 0 spiro atoms. The fourth-order valence-electron chi connectivity index (χ4n) is 3.99. The summed E-state index contributed by atoms with van der Waals surface area (Å²) >= 11 is 0. The number of hydrogen-bond acceptors (Lipinski definition) is 4. The zero-order valence-corrected chi connectivity index (χ0v) is 15.0. The van der Waals surface area contributed by atoms with Crippen LogP contribution >= 0.6 is 0 Å². The highest BCUT2D eigenvalue weighted by Crippen LogP contribution is 2.30. The van der Waals surface area contributed by atoms with Gasteiger partial charge >= 0.3 is 0 Å². The number of rotatable bonds is 3. The first-order valence-electron chi connectivity index (χ1n) is 9.15. The molecule has 0 aliphatic carbocycles. The number of nitrogens with zero attached hydrogens (tertiary/aromatic N) is 3. The van der Waals surface area contributed by atoms with E-state index in [-0.39, 0.29) is 0 Å². The predicted octanol–water partition coefficient (Wildman–Crippen LogP) is 2.36. The van der Waals surface area contributed by atoms with Gasteiger partial charge in [-0.1, -0.05) is 6.92 Å². The van der Waals surface area contributed by atoms with Crippen LogP contribution in [-0.2, 0) is 6.42 Å². The molecule has 3 rings (SSSR count). The van der Waals surface area contributed by atoms with Crippen LogP contribution in [0.3, 0.4) is 0 Å². The van der Waals surface area contributed by atoms with Crippen molar-refractivity contribution in [1.82, 2.24) is 9.80 Å². The van der Waals surface area contributed by atoms with Crippen molar-refractivity contribution in [3.63, 3.8) is 0 Å². The van der Waals surface area contributed by atoms with E-state index in [1.807, 2.05) is 0 Å². The van der Waals surface area contributed by atoms with E-state index in [9.17, 15) is 0 Å². The molecule has 0 amide bonds. The van der Waals surface area contributed by atoms with Crippen molar-refractivity contribution >= 4 is 11.4 Å². The van der Waals surface area contributed by atoms with Gasteiger partial charge < -0.3 is 15.5 Å². The standard InChI is InChI=1S/C19H32N4/c1-4-16-14-18(20)15(2)13-19(16)23-7-5-17(6-8-23)22-11-9-21(3)10-12-22/h13-14,17H,4-12,20H2,1-3H3. The lowest BCUT2D eigenvalue weighted by molar-refractivity contribution is 0.0982. The molecule has 2 saturated heterocycles. The van der Waals surface area contributed by atoms with E-state index < -0.39 is 0 Å². The van der Waals surface area contributed by atoms with E-state index >= 15 is 0 Å². The van der Waals surface area contributed by atoms with E-state index in [2.05, 4.69) is 47.7 Å². The Morgan fingerprint density at radius 3 is 2.30 bits per heavy atom. The summed E-state index contributed by atoms with van der Waals surface area (Å²) in [5.74, 6) is 0. The Hall–Kier alpha value is -1.26. The first kappa shape index (κ1) is 16.6. The highest BCUT2D eigenvalue weighted by Gasteiger charge is 2.27. The molecule has 0 atom stereocenters. The van der Waals surface area contributed by atoms with Crippen molar-refractivity contribution < 1.29 is 0 Å². The highest BCUT2D eigenvalue weighted by atomic mass is 15.3. The maximum atomic E-state index is 6.10. The molecule has 1 aromatic carbocycles. The topological polar surface area (TPSA) is 35.7 Å². The molecular weight excluding hydrogens is 284 g/mol. The van der Waals surface area contributed by atoms with Crippen molar-refractivity contribution in [2.24, 2.45) is 0 Å². The second-order valence-electron chi connectivity index (χ2n) is 7.25. The molecule has 0 saturated carbocycles. The first-order chi connectivity index (χ1) is 11.1. The Balaban J connectivity index is 1.64. The molecule has 2 fully saturated rings. The molecule has 0 bridgehead atoms. The van der Waals surface area contributed by atoms with Gasteiger partial charge in [-0.25, -0.2) is 0 Å². The van der Waals surface area contributed by atoms with Crippen LogP contribution in [0.1, 0.15) is 30.9 Å². The Bertz CT molecular complexity index is 526. The van der Waals surface area contributed by atoms with E-state index in [1.165, 1.54) is 68.9 Å². The molecule has 4 heteroatoms. The summed E-state index contributed by atoms with van der Waals surface area (Å²) in [4.78, 5) is 7.74. The molecule has 2 N–H and O–H groups in total. The van der Waals surface area contributed by atoms with Crippen LogP contribution in [0.5, 0.6) is 0 Å². The quantitative estimate of drug-likeness (QED) is 0.869. The number of nitrogens with two attached hydrogens (primary N) is 1. The number of aryl methyl sites for hydroxylation is 2. The lowest BCUT2D eigenvalue weighted by atomic mass is 9.98. The van der Waals surface area contributed by atoms with Gasteiger partial charge in [-0.2, -0.15) is 0 Å². The normalized spacial score (nSPS) is 21.8. The van der Waals surface area contributed by atoms with Gasteiger partial charge in [0.15, 0.2) is 0 Å². The molecule has 0 aromatic heterocycles. The minimum Gasteiger partial charge on any atom is -0.399 e. The van der Waals surface area contributed by atoms with E-state index in [1.54, 1.807) is 0 Å². The maximum Gasteiger partial charge on any atom is 0.0402 e. The predicted molar refractivity (Wildman–Crippen MR) is 99.3 cm³/mol. The monoisotopic (exact) mass is 316 g/mol. The number of piperazine rings is 1. The minimum absolute atomic E-state index is 0.778. The average Bonchev–Trinajstić information content (AvgIpc) is 2.58. The molecule has 1 aromatic rings. The van der Waals surface area contributed by atoms with Gasteiger partial charge in [-0.3, -0.25) is 4.90 Å². The number of hydrogen-bond donors (Lipinski definition) is 1. The summed E-state index contributed by atoms with van der Waals surface area (Å²) in [5, 5.41) is 0. The number of piperidine rings is 1. The zero-order chi connectivity index (χ0) is 16.4. The highest BCUT2D eigenvalue weighted by molar-refractivity contribution is 5.63. The van der Waals surface area contributed by atoms with Crippen LogP contribution in [0.25, 0.3) is 0 Å². The SMILES string of the molecule is CCc1cc(N)c(C)cc1N1CCC(N2CCN(C)CC2)CC1. The fourth-order valence-corrected chi connectivity index (χ4v) is 3.99. The smallest absolute Gasteiger partial charge is 0.0402 e. The Labute approximate surface area is 141 Å². The summed E-state index contributed by atoms with van der Waals surface area (Å²) in [7, 11) is 2.23. The second kappa shape index (κ2) is 7.10. The van der Waals surface area contributed by atoms with Crippen molar-refractivity contribution in [3.8, 4) is 0 Å². The van der Waals surface area contributed by atoms with E-state index in [4.69, 9.17) is 5.73 Å². The van der Waals surface area contributed by atoms with Crippen molar-refractivity contribution in [1.29, 1.82) is 0 Å². The van der Waals surface area contributed by atoms with Gasteiger partial charge in [0, 0.05) is 56.7 Å². The van der Waals surface area contributed by atoms with Gasteiger partial charge in [0.05, 0.1) is 0 Å². The summed E-state index contributed by atoms with van der Waals surface area (Å²) < 4.78 is 0. The minimum atomic E-state index is 0.778. The summed E-state index contributed by atoms with van der Waals surface area (Å²) in [6, 6.07) is 5.25. The Morgan fingerprint density at radius 1 is 1.04 bits per heavy atom. The summed E-state index contributed by atoms with van der Waals surface area (Å²) in [6.07, 6.45) is 3.63. The van der Waals surface area contributed by atoms with Gasteiger partial charge in [-0.15, -0.1) is 0 Å². The van der Waals surface area contributed by atoms with Crippen molar-refractivity contribution in [2.45, 2.75) is 39.2 Å². The lowest BCUT2D eigenvalue weighted by Gasteiger charge is -2.43. The molecule has 0 unspecified atom stereocenters. The van der Waals surface area contributed by atoms with Crippen LogP contribution in [0.2, 0.25) is 0 Å². The third kappa shape index (κ3) is 3.64. The van der Waals surface area contributed by atoms with Gasteiger partial charge in [0.1, 0.15) is 0 Å². The zero-order valence-electron chi connectivity index (χ0n) is 15.0. The number of nitrogen functional groups attached to an aromatic ring is 1. The van der Waals surface area contributed by atoms with Crippen LogP contribution in [-0.4, -0.2) is 62.2 Å². The maximum absolute atomic E-state index is 6.10. The number of likely N-dealkylation sites (N-methyl/N-ethyl adjacent to an activating group) is 1. The van der Waals surface area contributed by atoms with E-state index in [0.29, 0.717) is 0 Å². The van der Waals surface area contributed by atoms with Crippen molar-refractivity contribution in [2.75, 3.05) is 56.9 Å². The summed E-state index contributed by atoms with van der Waals surface area (Å²) in [5.41, 5.74) is 11.0.